The van der Waals surface area contributed by atoms with Gasteiger partial charge >= 0.3 is 0 Å². The van der Waals surface area contributed by atoms with E-state index in [1.54, 1.807) is 42.5 Å². The van der Waals surface area contributed by atoms with E-state index < -0.39 is 0 Å². The standard InChI is InChI=1S/C17H12FNO2S/c18-14-4-2-1-3-13(14)15-9-10-16(22-15)17(21)19-11-5-7-12(20)8-6-11/h1-10,20H,(H,19,21). The second kappa shape index (κ2) is 5.99. The zero-order valence-corrected chi connectivity index (χ0v) is 12.2. The van der Waals surface area contributed by atoms with Gasteiger partial charge in [0.25, 0.3) is 5.91 Å². The van der Waals surface area contributed by atoms with Gasteiger partial charge in [-0.1, -0.05) is 18.2 Å². The van der Waals surface area contributed by atoms with Crippen LogP contribution in [0.2, 0.25) is 0 Å². The lowest BCUT2D eigenvalue weighted by molar-refractivity contribution is 0.103. The summed E-state index contributed by atoms with van der Waals surface area (Å²) in [6, 6.07) is 16.1. The molecule has 0 bridgehead atoms. The van der Waals surface area contributed by atoms with E-state index in [0.29, 0.717) is 21.0 Å². The fourth-order valence-electron chi connectivity index (χ4n) is 2.00. The molecule has 0 atom stereocenters. The molecule has 0 radical (unpaired) electrons. The largest absolute Gasteiger partial charge is 0.508 e. The number of thiophene rings is 1. The van der Waals surface area contributed by atoms with Crippen LogP contribution in [0.15, 0.2) is 60.7 Å². The number of carbonyl (C=O) groups is 1. The Morgan fingerprint density at radius 1 is 1.00 bits per heavy atom. The quantitative estimate of drug-likeness (QED) is 0.699. The van der Waals surface area contributed by atoms with Gasteiger partial charge in [0.15, 0.2) is 0 Å². The Morgan fingerprint density at radius 3 is 2.45 bits per heavy atom. The fourth-order valence-corrected chi connectivity index (χ4v) is 2.93. The second-order valence-electron chi connectivity index (χ2n) is 4.64. The summed E-state index contributed by atoms with van der Waals surface area (Å²) in [4.78, 5) is 13.4. The highest BCUT2D eigenvalue weighted by Crippen LogP contribution is 2.30. The molecule has 1 amide bonds. The third kappa shape index (κ3) is 2.99. The number of nitrogens with one attached hydrogen (secondary N) is 1. The van der Waals surface area contributed by atoms with Crippen molar-refractivity contribution in [1.29, 1.82) is 0 Å². The lowest BCUT2D eigenvalue weighted by Crippen LogP contribution is -2.09. The van der Waals surface area contributed by atoms with Crippen molar-refractivity contribution >= 4 is 22.9 Å². The van der Waals surface area contributed by atoms with Crippen LogP contribution in [-0.2, 0) is 0 Å². The van der Waals surface area contributed by atoms with Gasteiger partial charge in [-0.15, -0.1) is 11.3 Å². The van der Waals surface area contributed by atoms with Gasteiger partial charge in [0, 0.05) is 16.1 Å². The van der Waals surface area contributed by atoms with Gasteiger partial charge in [0.1, 0.15) is 11.6 Å². The molecule has 22 heavy (non-hydrogen) atoms. The molecule has 0 fully saturated rings. The average molecular weight is 313 g/mol. The number of anilines is 1. The normalized spacial score (nSPS) is 10.4. The first kappa shape index (κ1) is 14.3. The molecule has 0 spiro atoms. The summed E-state index contributed by atoms with van der Waals surface area (Å²) in [5, 5.41) is 11.9. The van der Waals surface area contributed by atoms with Crippen LogP contribution in [0.5, 0.6) is 5.75 Å². The summed E-state index contributed by atoms with van der Waals surface area (Å²) >= 11 is 1.23. The molecule has 2 aromatic carbocycles. The van der Waals surface area contributed by atoms with Crippen molar-refractivity contribution in [1.82, 2.24) is 0 Å². The molecule has 0 unspecified atom stereocenters. The molecule has 3 nitrogen and oxygen atoms in total. The Balaban J connectivity index is 1.80. The van der Waals surface area contributed by atoms with Gasteiger partial charge in [-0.05, 0) is 42.5 Å². The third-order valence-electron chi connectivity index (χ3n) is 3.09. The minimum Gasteiger partial charge on any atom is -0.508 e. The Labute approximate surface area is 130 Å². The Morgan fingerprint density at radius 2 is 1.73 bits per heavy atom. The number of rotatable bonds is 3. The van der Waals surface area contributed by atoms with E-state index in [9.17, 15) is 14.3 Å². The summed E-state index contributed by atoms with van der Waals surface area (Å²) < 4.78 is 13.8. The van der Waals surface area contributed by atoms with E-state index in [4.69, 9.17) is 0 Å². The highest BCUT2D eigenvalue weighted by atomic mass is 32.1. The maximum Gasteiger partial charge on any atom is 0.265 e. The van der Waals surface area contributed by atoms with Crippen molar-refractivity contribution in [2.24, 2.45) is 0 Å². The van der Waals surface area contributed by atoms with Crippen LogP contribution in [0.4, 0.5) is 10.1 Å². The Kier molecular flexibility index (Phi) is 3.89. The van der Waals surface area contributed by atoms with Crippen molar-refractivity contribution in [2.45, 2.75) is 0 Å². The predicted octanol–water partition coefficient (Wildman–Crippen LogP) is 4.51. The molecule has 1 heterocycles. The smallest absolute Gasteiger partial charge is 0.265 e. The van der Waals surface area contributed by atoms with E-state index in [1.807, 2.05) is 0 Å². The molecule has 1 aromatic heterocycles. The van der Waals surface area contributed by atoms with Gasteiger partial charge in [0.05, 0.1) is 4.88 Å². The number of hydrogen-bond donors (Lipinski definition) is 2. The minimum absolute atomic E-state index is 0.135. The van der Waals surface area contributed by atoms with Crippen LogP contribution in [0, 0.1) is 5.82 Å². The first-order valence-electron chi connectivity index (χ1n) is 6.58. The summed E-state index contributed by atoms with van der Waals surface area (Å²) in [7, 11) is 0. The maximum atomic E-state index is 13.8. The number of phenols is 1. The average Bonchev–Trinajstić information content (AvgIpc) is 3.00. The summed E-state index contributed by atoms with van der Waals surface area (Å²) in [5.41, 5.74) is 1.07. The van der Waals surface area contributed by atoms with E-state index in [-0.39, 0.29) is 17.5 Å². The van der Waals surface area contributed by atoms with Crippen molar-refractivity contribution in [3.63, 3.8) is 0 Å². The van der Waals surface area contributed by atoms with Gasteiger partial charge in [-0.25, -0.2) is 4.39 Å². The second-order valence-corrected chi connectivity index (χ2v) is 5.73. The number of halogens is 1. The molecule has 110 valence electrons. The zero-order valence-electron chi connectivity index (χ0n) is 11.4. The number of benzene rings is 2. The molecule has 2 N–H and O–H groups in total. The lowest BCUT2D eigenvalue weighted by Gasteiger charge is -2.03. The number of phenolic OH excluding ortho intramolecular Hbond substituents is 1. The van der Waals surface area contributed by atoms with Crippen LogP contribution in [0.25, 0.3) is 10.4 Å². The first-order valence-corrected chi connectivity index (χ1v) is 7.40. The topological polar surface area (TPSA) is 49.3 Å². The number of aromatic hydroxyl groups is 1. The van der Waals surface area contributed by atoms with Gasteiger partial charge in [-0.2, -0.15) is 0 Å². The van der Waals surface area contributed by atoms with Crippen molar-refractivity contribution in [3.05, 3.63) is 71.4 Å². The van der Waals surface area contributed by atoms with E-state index in [2.05, 4.69) is 5.32 Å². The Hall–Kier alpha value is -2.66. The van der Waals surface area contributed by atoms with Crippen LogP contribution < -0.4 is 5.32 Å². The molecule has 3 aromatic rings. The molecular weight excluding hydrogens is 301 g/mol. The highest BCUT2D eigenvalue weighted by molar-refractivity contribution is 7.17. The van der Waals surface area contributed by atoms with Gasteiger partial charge in [0.2, 0.25) is 0 Å². The van der Waals surface area contributed by atoms with Crippen LogP contribution in [-0.4, -0.2) is 11.0 Å². The molecule has 0 aliphatic carbocycles. The molecule has 0 saturated carbocycles. The molecular formula is C17H12FNO2S. The number of amides is 1. The summed E-state index contributed by atoms with van der Waals surface area (Å²) in [6.45, 7) is 0. The van der Waals surface area contributed by atoms with Crippen molar-refractivity contribution in [2.75, 3.05) is 5.32 Å². The van der Waals surface area contributed by atoms with E-state index in [0.717, 1.165) is 0 Å². The van der Waals surface area contributed by atoms with Crippen LogP contribution in [0.1, 0.15) is 9.67 Å². The molecule has 0 aliphatic heterocycles. The predicted molar refractivity (Wildman–Crippen MR) is 85.8 cm³/mol. The van der Waals surface area contributed by atoms with Gasteiger partial charge < -0.3 is 10.4 Å². The SMILES string of the molecule is O=C(Nc1ccc(O)cc1)c1ccc(-c2ccccc2F)s1. The molecule has 3 rings (SSSR count). The highest BCUT2D eigenvalue weighted by Gasteiger charge is 2.12. The molecule has 0 saturated heterocycles. The number of hydrogen-bond acceptors (Lipinski definition) is 3. The maximum absolute atomic E-state index is 13.8. The molecule has 0 aliphatic rings. The van der Waals surface area contributed by atoms with E-state index in [1.165, 1.54) is 29.5 Å². The van der Waals surface area contributed by atoms with Crippen LogP contribution in [0.3, 0.4) is 0 Å². The van der Waals surface area contributed by atoms with Crippen molar-refractivity contribution in [3.8, 4) is 16.2 Å². The monoisotopic (exact) mass is 313 g/mol. The molecule has 5 heteroatoms. The Bertz CT molecular complexity index is 812. The summed E-state index contributed by atoms with van der Waals surface area (Å²) in [6.07, 6.45) is 0. The first-order chi connectivity index (χ1) is 10.6. The minimum atomic E-state index is -0.310. The van der Waals surface area contributed by atoms with Crippen molar-refractivity contribution < 1.29 is 14.3 Å². The van der Waals surface area contributed by atoms with Crippen LogP contribution >= 0.6 is 11.3 Å². The number of carbonyl (C=O) groups excluding carboxylic acids is 1. The fraction of sp³-hybridized carbons (Fsp3) is 0. The lowest BCUT2D eigenvalue weighted by atomic mass is 10.2. The van der Waals surface area contributed by atoms with E-state index >= 15 is 0 Å². The third-order valence-corrected chi connectivity index (χ3v) is 4.21. The summed E-state index contributed by atoms with van der Waals surface area (Å²) in [5.74, 6) is -0.441. The van der Waals surface area contributed by atoms with Gasteiger partial charge in [-0.3, -0.25) is 4.79 Å². The zero-order chi connectivity index (χ0) is 15.5.